The molecule has 4 nitrogen and oxygen atoms in total. The predicted molar refractivity (Wildman–Crippen MR) is 92.3 cm³/mol. The van der Waals surface area contributed by atoms with Gasteiger partial charge in [-0.2, -0.15) is 4.31 Å². The van der Waals surface area contributed by atoms with Gasteiger partial charge in [0.1, 0.15) is 4.90 Å². The molecule has 1 unspecified atom stereocenters. The molecule has 1 saturated heterocycles. The van der Waals surface area contributed by atoms with E-state index in [-0.39, 0.29) is 16.0 Å². The summed E-state index contributed by atoms with van der Waals surface area (Å²) >= 11 is 7.66. The molecule has 1 aromatic carbocycles. The number of nitrogens with zero attached hydrogens (tertiary/aromatic N) is 1. The van der Waals surface area contributed by atoms with Crippen LogP contribution in [0.4, 0.5) is 0 Å². The van der Waals surface area contributed by atoms with Gasteiger partial charge >= 0.3 is 0 Å². The van der Waals surface area contributed by atoms with Crippen molar-refractivity contribution in [3.8, 4) is 0 Å². The highest BCUT2D eigenvalue weighted by Crippen LogP contribution is 2.27. The van der Waals surface area contributed by atoms with E-state index in [2.05, 4.69) is 0 Å². The van der Waals surface area contributed by atoms with Crippen LogP contribution in [0.2, 0.25) is 5.02 Å². The number of hydrogen-bond donors (Lipinski definition) is 0. The monoisotopic (exact) mass is 371 g/mol. The quantitative estimate of drug-likeness (QED) is 0.776. The van der Waals surface area contributed by atoms with Crippen LogP contribution in [-0.4, -0.2) is 32.0 Å². The Bertz CT molecular complexity index is 740. The molecule has 7 heteroatoms. The molecule has 2 aromatic rings. The standard InChI is InChI=1S/C16H18ClNO3S2/c17-15-7-1-2-8-16(15)23(19,20)18(11-13-5-3-9-21-13)12-14-6-4-10-22-14/h1-2,4,6-8,10,13H,3,5,9,11-12H2. The van der Waals surface area contributed by atoms with Crippen molar-refractivity contribution in [2.75, 3.05) is 13.2 Å². The zero-order valence-corrected chi connectivity index (χ0v) is 14.9. The fourth-order valence-electron chi connectivity index (χ4n) is 2.63. The average Bonchev–Trinajstić information content (AvgIpc) is 3.20. The van der Waals surface area contributed by atoms with Crippen molar-refractivity contribution < 1.29 is 13.2 Å². The summed E-state index contributed by atoms with van der Waals surface area (Å²) in [6, 6.07) is 10.4. The van der Waals surface area contributed by atoms with Gasteiger partial charge in [-0.15, -0.1) is 11.3 Å². The first-order valence-electron chi connectivity index (χ1n) is 7.46. The molecular formula is C16H18ClNO3S2. The Balaban J connectivity index is 1.90. The summed E-state index contributed by atoms with van der Waals surface area (Å²) in [5, 5.41) is 2.19. The van der Waals surface area contributed by atoms with Crippen molar-refractivity contribution in [2.45, 2.75) is 30.4 Å². The van der Waals surface area contributed by atoms with E-state index in [4.69, 9.17) is 16.3 Å². The van der Waals surface area contributed by atoms with E-state index in [1.54, 1.807) is 35.6 Å². The van der Waals surface area contributed by atoms with Crippen LogP contribution in [0, 0.1) is 0 Å². The molecule has 1 aromatic heterocycles. The summed E-state index contributed by atoms with van der Waals surface area (Å²) in [5.41, 5.74) is 0. The molecule has 0 amide bonds. The first kappa shape index (κ1) is 16.9. The lowest BCUT2D eigenvalue weighted by molar-refractivity contribution is 0.0927. The fourth-order valence-corrected chi connectivity index (χ4v) is 5.38. The lowest BCUT2D eigenvalue weighted by Gasteiger charge is -2.24. The molecule has 0 aliphatic carbocycles. The van der Waals surface area contributed by atoms with Crippen LogP contribution in [0.25, 0.3) is 0 Å². The van der Waals surface area contributed by atoms with Crippen molar-refractivity contribution in [2.24, 2.45) is 0 Å². The molecule has 1 aliphatic rings. The molecule has 0 saturated carbocycles. The second-order valence-electron chi connectivity index (χ2n) is 5.44. The zero-order chi connectivity index (χ0) is 16.3. The molecule has 0 N–H and O–H groups in total. The van der Waals surface area contributed by atoms with E-state index in [1.165, 1.54) is 4.31 Å². The molecule has 2 heterocycles. The highest BCUT2D eigenvalue weighted by molar-refractivity contribution is 7.89. The lowest BCUT2D eigenvalue weighted by atomic mass is 10.2. The second kappa shape index (κ2) is 7.32. The maximum Gasteiger partial charge on any atom is 0.244 e. The van der Waals surface area contributed by atoms with Crippen molar-refractivity contribution >= 4 is 33.0 Å². The van der Waals surface area contributed by atoms with Crippen LogP contribution in [0.5, 0.6) is 0 Å². The molecule has 0 bridgehead atoms. The highest BCUT2D eigenvalue weighted by atomic mass is 35.5. The van der Waals surface area contributed by atoms with Gasteiger partial charge in [-0.05, 0) is 36.4 Å². The van der Waals surface area contributed by atoms with Crippen molar-refractivity contribution in [3.63, 3.8) is 0 Å². The van der Waals surface area contributed by atoms with Gasteiger partial charge in [0.05, 0.1) is 11.1 Å². The Morgan fingerprint density at radius 1 is 1.26 bits per heavy atom. The summed E-state index contributed by atoms with van der Waals surface area (Å²) < 4.78 is 33.2. The van der Waals surface area contributed by atoms with Gasteiger partial charge in [0, 0.05) is 24.6 Å². The van der Waals surface area contributed by atoms with Crippen molar-refractivity contribution in [3.05, 3.63) is 51.7 Å². The topological polar surface area (TPSA) is 46.6 Å². The van der Waals surface area contributed by atoms with Gasteiger partial charge in [-0.25, -0.2) is 8.42 Å². The third-order valence-electron chi connectivity index (χ3n) is 3.80. The summed E-state index contributed by atoms with van der Waals surface area (Å²) in [4.78, 5) is 1.15. The van der Waals surface area contributed by atoms with Gasteiger partial charge < -0.3 is 4.74 Å². The number of sulfonamides is 1. The van der Waals surface area contributed by atoms with E-state index in [0.29, 0.717) is 19.7 Å². The first-order valence-corrected chi connectivity index (χ1v) is 10.2. The summed E-state index contributed by atoms with van der Waals surface area (Å²) in [6.45, 7) is 1.39. The SMILES string of the molecule is O=S(=O)(c1ccccc1Cl)N(Cc1cccs1)CC1CCCO1. The largest absolute Gasteiger partial charge is 0.377 e. The van der Waals surface area contributed by atoms with Crippen molar-refractivity contribution in [1.82, 2.24) is 4.31 Å². The van der Waals surface area contributed by atoms with Gasteiger partial charge in [-0.3, -0.25) is 0 Å². The molecule has 124 valence electrons. The van der Waals surface area contributed by atoms with E-state index >= 15 is 0 Å². The third kappa shape index (κ3) is 3.95. The minimum absolute atomic E-state index is 0.0489. The number of halogens is 1. The molecule has 1 fully saturated rings. The van der Waals surface area contributed by atoms with Crippen molar-refractivity contribution in [1.29, 1.82) is 0 Å². The van der Waals surface area contributed by atoms with E-state index in [0.717, 1.165) is 17.7 Å². The molecule has 1 aliphatic heterocycles. The summed E-state index contributed by atoms with van der Waals surface area (Å²) in [6.07, 6.45) is 1.81. The molecular weight excluding hydrogens is 354 g/mol. The maximum atomic E-state index is 13.1. The van der Waals surface area contributed by atoms with Crippen LogP contribution >= 0.6 is 22.9 Å². The third-order valence-corrected chi connectivity index (χ3v) is 6.97. The Kier molecular flexibility index (Phi) is 5.38. The lowest BCUT2D eigenvalue weighted by Crippen LogP contribution is -2.36. The highest BCUT2D eigenvalue weighted by Gasteiger charge is 2.30. The van der Waals surface area contributed by atoms with Gasteiger partial charge in [0.15, 0.2) is 0 Å². The maximum absolute atomic E-state index is 13.1. The number of rotatable bonds is 6. The summed E-state index contributed by atoms with van der Waals surface area (Å²) in [5.74, 6) is 0. The van der Waals surface area contributed by atoms with Crippen LogP contribution in [0.3, 0.4) is 0 Å². The van der Waals surface area contributed by atoms with Gasteiger partial charge in [0.25, 0.3) is 0 Å². The Hall–Kier alpha value is -0.920. The zero-order valence-electron chi connectivity index (χ0n) is 12.5. The molecule has 0 radical (unpaired) electrons. The fraction of sp³-hybridized carbons (Fsp3) is 0.375. The predicted octanol–water partition coefficient (Wildman–Crippen LogP) is 3.77. The summed E-state index contributed by atoms with van der Waals surface area (Å²) in [7, 11) is -3.67. The average molecular weight is 372 g/mol. The molecule has 0 spiro atoms. The van der Waals surface area contributed by atoms with Crippen LogP contribution in [0.15, 0.2) is 46.7 Å². The minimum Gasteiger partial charge on any atom is -0.377 e. The van der Waals surface area contributed by atoms with E-state index in [9.17, 15) is 8.42 Å². The Morgan fingerprint density at radius 3 is 2.74 bits per heavy atom. The van der Waals surface area contributed by atoms with Crippen LogP contribution < -0.4 is 0 Å². The molecule has 3 rings (SSSR count). The number of benzene rings is 1. The normalized spacial score (nSPS) is 18.6. The molecule has 1 atom stereocenters. The van der Waals surface area contributed by atoms with E-state index in [1.807, 2.05) is 17.5 Å². The second-order valence-corrected chi connectivity index (χ2v) is 8.79. The van der Waals surface area contributed by atoms with E-state index < -0.39 is 10.0 Å². The Labute approximate surface area is 145 Å². The van der Waals surface area contributed by atoms with Crippen LogP contribution in [-0.2, 0) is 21.3 Å². The smallest absolute Gasteiger partial charge is 0.244 e. The van der Waals surface area contributed by atoms with Gasteiger partial charge in [0.2, 0.25) is 10.0 Å². The first-order chi connectivity index (χ1) is 11.1. The number of ether oxygens (including phenoxy) is 1. The number of hydrogen-bond acceptors (Lipinski definition) is 4. The van der Waals surface area contributed by atoms with Crippen LogP contribution in [0.1, 0.15) is 17.7 Å². The Morgan fingerprint density at radius 2 is 2.09 bits per heavy atom. The van der Waals surface area contributed by atoms with Gasteiger partial charge in [-0.1, -0.05) is 29.8 Å². The number of thiophene rings is 1. The minimum atomic E-state index is -3.67. The molecule has 23 heavy (non-hydrogen) atoms.